The van der Waals surface area contributed by atoms with Crippen molar-refractivity contribution in [3.63, 3.8) is 0 Å². The van der Waals surface area contributed by atoms with E-state index in [9.17, 15) is 0 Å². The number of benzene rings is 8. The Bertz CT molecular complexity index is 1960. The molecule has 8 rings (SSSR count). The molecule has 200 valence electrons. The lowest BCUT2D eigenvalue weighted by Gasteiger charge is -2.15. The van der Waals surface area contributed by atoms with Crippen LogP contribution in [0, 0.1) is 0 Å². The summed E-state index contributed by atoms with van der Waals surface area (Å²) >= 11 is 0. The minimum Gasteiger partial charge on any atom is -0.314 e. The van der Waals surface area contributed by atoms with E-state index in [-0.39, 0.29) is 0 Å². The van der Waals surface area contributed by atoms with Gasteiger partial charge in [0.25, 0.3) is 0 Å². The molecule has 3 nitrogen and oxygen atoms in total. The Hall–Kier alpha value is -4.28. The third-order valence-electron chi connectivity index (χ3n) is 8.83. The zero-order chi connectivity index (χ0) is 27.2. The average Bonchev–Trinajstić information content (AvgIpc) is 3.02. The molecule has 0 heterocycles. The summed E-state index contributed by atoms with van der Waals surface area (Å²) in [5.74, 6) is 0. The minimum absolute atomic E-state index is 0.878. The number of hydrogen-bond acceptors (Lipinski definition) is 3. The molecular weight excluding hydrogens is 498 g/mol. The molecule has 0 bridgehead atoms. The Morgan fingerprint density at radius 3 is 1.10 bits per heavy atom. The van der Waals surface area contributed by atoms with Gasteiger partial charge in [-0.2, -0.15) is 0 Å². The van der Waals surface area contributed by atoms with Crippen molar-refractivity contribution in [1.29, 1.82) is 0 Å². The molecule has 0 amide bonds. The molecule has 8 aromatic carbocycles. The Labute approximate surface area is 239 Å². The van der Waals surface area contributed by atoms with Crippen LogP contribution in [-0.4, -0.2) is 26.2 Å². The fourth-order valence-electron chi connectivity index (χ4n) is 6.82. The highest BCUT2D eigenvalue weighted by Crippen LogP contribution is 2.37. The SMILES string of the molecule is c1cc2ccc3ccc(CNCCNCCNCc4ccc5ccc6cccc7ccc4c5c67)c4ccc(c1)c2c34. The predicted molar refractivity (Wildman–Crippen MR) is 177 cm³/mol. The van der Waals surface area contributed by atoms with Crippen molar-refractivity contribution < 1.29 is 0 Å². The van der Waals surface area contributed by atoms with Crippen molar-refractivity contribution in [3.8, 4) is 0 Å². The molecular formula is C38H33N3. The number of rotatable bonds is 10. The summed E-state index contributed by atoms with van der Waals surface area (Å²) in [6, 6.07) is 40.4. The summed E-state index contributed by atoms with van der Waals surface area (Å²) in [5, 5.41) is 27.1. The van der Waals surface area contributed by atoms with Crippen LogP contribution in [0.3, 0.4) is 0 Å². The molecule has 0 saturated heterocycles. The van der Waals surface area contributed by atoms with Gasteiger partial charge in [0.15, 0.2) is 0 Å². The van der Waals surface area contributed by atoms with Gasteiger partial charge in [-0.05, 0) is 75.8 Å². The lowest BCUT2D eigenvalue weighted by atomic mass is 9.92. The van der Waals surface area contributed by atoms with Crippen LogP contribution in [0.25, 0.3) is 64.6 Å². The zero-order valence-electron chi connectivity index (χ0n) is 23.1. The maximum absolute atomic E-state index is 3.65. The summed E-state index contributed by atoms with van der Waals surface area (Å²) in [6.07, 6.45) is 0. The second-order valence-electron chi connectivity index (χ2n) is 11.3. The fraction of sp³-hybridized carbons (Fsp3) is 0.158. The highest BCUT2D eigenvalue weighted by molar-refractivity contribution is 6.24. The van der Waals surface area contributed by atoms with E-state index in [4.69, 9.17) is 0 Å². The van der Waals surface area contributed by atoms with Gasteiger partial charge in [0.2, 0.25) is 0 Å². The summed E-state index contributed by atoms with van der Waals surface area (Å²) in [5.41, 5.74) is 2.73. The minimum atomic E-state index is 0.878. The van der Waals surface area contributed by atoms with Crippen molar-refractivity contribution in [3.05, 3.63) is 120 Å². The van der Waals surface area contributed by atoms with Gasteiger partial charge in [0, 0.05) is 39.3 Å². The van der Waals surface area contributed by atoms with Crippen molar-refractivity contribution >= 4 is 64.6 Å². The van der Waals surface area contributed by atoms with E-state index in [0.717, 1.165) is 39.3 Å². The van der Waals surface area contributed by atoms with Gasteiger partial charge in [-0.15, -0.1) is 0 Å². The van der Waals surface area contributed by atoms with Gasteiger partial charge in [-0.25, -0.2) is 0 Å². The third kappa shape index (κ3) is 4.25. The van der Waals surface area contributed by atoms with Crippen molar-refractivity contribution in [1.82, 2.24) is 16.0 Å². The quantitative estimate of drug-likeness (QED) is 0.124. The molecule has 8 aromatic rings. The average molecular weight is 532 g/mol. The second kappa shape index (κ2) is 10.3. The van der Waals surface area contributed by atoms with E-state index >= 15 is 0 Å². The molecule has 0 spiro atoms. The molecule has 0 fully saturated rings. The molecule has 0 atom stereocenters. The van der Waals surface area contributed by atoms with Crippen LogP contribution in [0.1, 0.15) is 11.1 Å². The normalized spacial score (nSPS) is 12.3. The first kappa shape index (κ1) is 24.5. The van der Waals surface area contributed by atoms with Gasteiger partial charge < -0.3 is 16.0 Å². The summed E-state index contributed by atoms with van der Waals surface area (Å²) in [4.78, 5) is 0. The summed E-state index contributed by atoms with van der Waals surface area (Å²) < 4.78 is 0. The van der Waals surface area contributed by atoms with E-state index in [1.54, 1.807) is 0 Å². The number of hydrogen-bond donors (Lipinski definition) is 3. The van der Waals surface area contributed by atoms with Gasteiger partial charge >= 0.3 is 0 Å². The highest BCUT2D eigenvalue weighted by atomic mass is 15.0. The fourth-order valence-corrected chi connectivity index (χ4v) is 6.82. The number of nitrogens with one attached hydrogen (secondary N) is 3. The van der Waals surface area contributed by atoms with Crippen LogP contribution >= 0.6 is 0 Å². The first-order chi connectivity index (χ1) is 20.3. The molecule has 3 N–H and O–H groups in total. The molecule has 0 unspecified atom stereocenters. The lowest BCUT2D eigenvalue weighted by Crippen LogP contribution is -2.32. The molecule has 0 aliphatic carbocycles. The van der Waals surface area contributed by atoms with E-state index in [1.165, 1.54) is 75.8 Å². The maximum Gasteiger partial charge on any atom is 0.0212 e. The summed E-state index contributed by atoms with van der Waals surface area (Å²) in [6.45, 7) is 5.54. The van der Waals surface area contributed by atoms with E-state index in [0.29, 0.717) is 0 Å². The van der Waals surface area contributed by atoms with Crippen LogP contribution in [0.4, 0.5) is 0 Å². The smallest absolute Gasteiger partial charge is 0.0212 e. The van der Waals surface area contributed by atoms with Crippen LogP contribution in [-0.2, 0) is 13.1 Å². The van der Waals surface area contributed by atoms with Crippen LogP contribution < -0.4 is 16.0 Å². The van der Waals surface area contributed by atoms with Gasteiger partial charge in [-0.1, -0.05) is 109 Å². The third-order valence-corrected chi connectivity index (χ3v) is 8.83. The van der Waals surface area contributed by atoms with Crippen LogP contribution in [0.5, 0.6) is 0 Å². The topological polar surface area (TPSA) is 36.1 Å². The monoisotopic (exact) mass is 531 g/mol. The molecule has 0 aliphatic rings. The van der Waals surface area contributed by atoms with E-state index in [2.05, 4.69) is 125 Å². The van der Waals surface area contributed by atoms with Crippen LogP contribution in [0.15, 0.2) is 109 Å². The second-order valence-corrected chi connectivity index (χ2v) is 11.3. The standard InChI is InChI=1S/C38H33N3/c1-3-25-7-9-29-11-13-31(33-17-15-27(5-1)35(25)37(29)33)23-40-21-19-39-20-22-41-24-32-14-12-30-10-8-26-4-2-6-28-16-18-34(32)38(30)36(26)28/h1-18,39-41H,19-24H2. The maximum atomic E-state index is 3.65. The molecule has 0 radical (unpaired) electrons. The Balaban J connectivity index is 0.849. The lowest BCUT2D eigenvalue weighted by molar-refractivity contribution is 0.582. The highest BCUT2D eigenvalue weighted by Gasteiger charge is 2.12. The van der Waals surface area contributed by atoms with Crippen molar-refractivity contribution in [2.75, 3.05) is 26.2 Å². The predicted octanol–water partition coefficient (Wildman–Crippen LogP) is 7.95. The Kier molecular flexibility index (Phi) is 6.15. The Morgan fingerprint density at radius 2 is 0.659 bits per heavy atom. The Morgan fingerprint density at radius 1 is 0.317 bits per heavy atom. The van der Waals surface area contributed by atoms with Gasteiger partial charge in [-0.3, -0.25) is 0 Å². The van der Waals surface area contributed by atoms with E-state index < -0.39 is 0 Å². The van der Waals surface area contributed by atoms with E-state index in [1.807, 2.05) is 0 Å². The molecule has 3 heteroatoms. The van der Waals surface area contributed by atoms with Crippen molar-refractivity contribution in [2.24, 2.45) is 0 Å². The van der Waals surface area contributed by atoms with Crippen molar-refractivity contribution in [2.45, 2.75) is 13.1 Å². The first-order valence-corrected chi connectivity index (χ1v) is 14.8. The summed E-state index contributed by atoms with van der Waals surface area (Å²) in [7, 11) is 0. The molecule has 41 heavy (non-hydrogen) atoms. The molecule has 0 aliphatic heterocycles. The van der Waals surface area contributed by atoms with Gasteiger partial charge in [0.05, 0.1) is 0 Å². The first-order valence-electron chi connectivity index (χ1n) is 14.8. The molecule has 0 aromatic heterocycles. The molecule has 0 saturated carbocycles. The van der Waals surface area contributed by atoms with Gasteiger partial charge in [0.1, 0.15) is 0 Å². The zero-order valence-corrected chi connectivity index (χ0v) is 23.1. The largest absolute Gasteiger partial charge is 0.314 e. The van der Waals surface area contributed by atoms with Crippen LogP contribution in [0.2, 0.25) is 0 Å².